The molecule has 0 amide bonds. The summed E-state index contributed by atoms with van der Waals surface area (Å²) in [4.78, 5) is 9.97. The van der Waals surface area contributed by atoms with Gasteiger partial charge in [0.05, 0.1) is 10.0 Å². The zero-order valence-corrected chi connectivity index (χ0v) is 7.12. The van der Waals surface area contributed by atoms with Crippen LogP contribution < -0.4 is 0 Å². The van der Waals surface area contributed by atoms with Crippen molar-refractivity contribution < 1.29 is 4.79 Å². The van der Waals surface area contributed by atoms with Crippen LogP contribution in [0.3, 0.4) is 0 Å². The highest BCUT2D eigenvalue weighted by Crippen LogP contribution is 2.22. The lowest BCUT2D eigenvalue weighted by molar-refractivity contribution is 0.555. The quantitative estimate of drug-likeness (QED) is 0.697. The van der Waals surface area contributed by atoms with E-state index >= 15 is 0 Å². The van der Waals surface area contributed by atoms with Crippen LogP contribution in [-0.4, -0.2) is 6.29 Å². The molecule has 11 heavy (non-hydrogen) atoms. The molecule has 3 heteroatoms. The second kappa shape index (κ2) is 3.74. The molecule has 57 valence electrons. The van der Waals surface area contributed by atoms with E-state index in [9.17, 15) is 4.79 Å². The first kappa shape index (κ1) is 8.57. The number of benzene rings is 1. The summed E-state index contributed by atoms with van der Waals surface area (Å²) in [6.45, 7) is 0. The van der Waals surface area contributed by atoms with Crippen LogP contribution in [0.4, 0.5) is 0 Å². The van der Waals surface area contributed by atoms with Gasteiger partial charge in [-0.3, -0.25) is 4.79 Å². The molecule has 0 atom stereocenters. The first-order chi connectivity index (χ1) is 5.24. The lowest BCUT2D eigenvalue weighted by Gasteiger charge is -1.96. The van der Waals surface area contributed by atoms with Crippen LogP contribution in [0.15, 0.2) is 18.2 Å². The topological polar surface area (TPSA) is 17.1 Å². The van der Waals surface area contributed by atoms with Gasteiger partial charge in [0, 0.05) is 6.42 Å². The largest absolute Gasteiger partial charge is 0.291 e. The maximum atomic E-state index is 9.97. The Balaban J connectivity index is 2.95. The van der Waals surface area contributed by atoms with Gasteiger partial charge >= 0.3 is 0 Å². The van der Waals surface area contributed by atoms with Crippen molar-refractivity contribution in [2.45, 2.75) is 6.42 Å². The van der Waals surface area contributed by atoms with E-state index in [2.05, 4.69) is 0 Å². The Labute approximate surface area is 74.9 Å². The Kier molecular flexibility index (Phi) is 2.92. The van der Waals surface area contributed by atoms with E-state index in [1.54, 1.807) is 24.5 Å². The first-order valence-corrected chi connectivity index (χ1v) is 3.78. The highest BCUT2D eigenvalue weighted by atomic mass is 35.5. The fourth-order valence-electron chi connectivity index (χ4n) is 0.733. The lowest BCUT2D eigenvalue weighted by Crippen LogP contribution is -1.84. The molecule has 0 heterocycles. The van der Waals surface area contributed by atoms with Crippen LogP contribution in [0.1, 0.15) is 5.56 Å². The molecule has 1 rings (SSSR count). The fourth-order valence-corrected chi connectivity index (χ4v) is 1.05. The van der Waals surface area contributed by atoms with E-state index in [1.807, 2.05) is 0 Å². The normalized spacial score (nSPS) is 9.64. The first-order valence-electron chi connectivity index (χ1n) is 3.03. The van der Waals surface area contributed by atoms with Crippen molar-refractivity contribution in [2.75, 3.05) is 0 Å². The molecule has 1 aromatic carbocycles. The van der Waals surface area contributed by atoms with Gasteiger partial charge in [-0.25, -0.2) is 0 Å². The van der Waals surface area contributed by atoms with Crippen molar-refractivity contribution in [3.05, 3.63) is 33.8 Å². The highest BCUT2D eigenvalue weighted by molar-refractivity contribution is 6.42. The molecule has 0 saturated carbocycles. The molecule has 0 spiro atoms. The summed E-state index contributed by atoms with van der Waals surface area (Å²) < 4.78 is 0. The van der Waals surface area contributed by atoms with Gasteiger partial charge in [0.2, 0.25) is 6.29 Å². The molecule has 0 fully saturated rings. The minimum Gasteiger partial charge on any atom is -0.291 e. The van der Waals surface area contributed by atoms with Gasteiger partial charge < -0.3 is 0 Å². The molecule has 1 radical (unpaired) electrons. The van der Waals surface area contributed by atoms with Crippen molar-refractivity contribution in [3.8, 4) is 0 Å². The minimum absolute atomic E-state index is 0.261. The molecule has 0 aliphatic carbocycles. The Hall–Kier alpha value is -0.530. The summed E-state index contributed by atoms with van der Waals surface area (Å²) in [5.41, 5.74) is 0.828. The molecule has 1 aromatic rings. The third kappa shape index (κ3) is 2.21. The van der Waals surface area contributed by atoms with Gasteiger partial charge in [-0.2, -0.15) is 0 Å². The molecular weight excluding hydrogens is 183 g/mol. The molecule has 0 aromatic heterocycles. The second-order valence-electron chi connectivity index (χ2n) is 2.07. The van der Waals surface area contributed by atoms with Crippen LogP contribution in [0.2, 0.25) is 10.0 Å². The molecule has 0 unspecified atom stereocenters. The Morgan fingerprint density at radius 1 is 1.27 bits per heavy atom. The lowest BCUT2D eigenvalue weighted by atomic mass is 10.2. The zero-order valence-electron chi connectivity index (χ0n) is 5.60. The van der Waals surface area contributed by atoms with Gasteiger partial charge in [0.15, 0.2) is 0 Å². The molecule has 0 saturated heterocycles. The van der Waals surface area contributed by atoms with E-state index in [0.29, 0.717) is 10.0 Å². The molecule has 0 aliphatic rings. The second-order valence-corrected chi connectivity index (χ2v) is 2.88. The van der Waals surface area contributed by atoms with Crippen LogP contribution in [0, 0.1) is 0 Å². The third-order valence-corrected chi connectivity index (χ3v) is 2.00. The third-order valence-electron chi connectivity index (χ3n) is 1.26. The monoisotopic (exact) mass is 187 g/mol. The molecule has 0 aliphatic heterocycles. The summed E-state index contributed by atoms with van der Waals surface area (Å²) in [5, 5.41) is 0.973. The Morgan fingerprint density at radius 2 is 2.00 bits per heavy atom. The van der Waals surface area contributed by atoms with Crippen LogP contribution in [0.5, 0.6) is 0 Å². The molecular formula is C8H5Cl2O. The number of carbonyl (C=O) groups excluding carboxylic acids is 1. The van der Waals surface area contributed by atoms with E-state index in [0.717, 1.165) is 5.56 Å². The van der Waals surface area contributed by atoms with Gasteiger partial charge in [-0.15, -0.1) is 0 Å². The standard InChI is InChI=1S/C8H5Cl2O/c9-7-2-1-6(3-4-11)5-8(7)10/h1-2,5H,3H2. The number of rotatable bonds is 2. The minimum atomic E-state index is 0.261. The maximum Gasteiger partial charge on any atom is 0.203 e. The zero-order chi connectivity index (χ0) is 8.27. The average Bonchev–Trinajstić information content (AvgIpc) is 1.98. The van der Waals surface area contributed by atoms with Gasteiger partial charge in [-0.1, -0.05) is 29.3 Å². The van der Waals surface area contributed by atoms with Gasteiger partial charge in [0.1, 0.15) is 0 Å². The smallest absolute Gasteiger partial charge is 0.203 e. The van der Waals surface area contributed by atoms with Crippen molar-refractivity contribution in [1.29, 1.82) is 0 Å². The maximum absolute atomic E-state index is 9.97. The van der Waals surface area contributed by atoms with Gasteiger partial charge in [-0.05, 0) is 17.7 Å². The van der Waals surface area contributed by atoms with Crippen LogP contribution in [-0.2, 0) is 11.2 Å². The number of hydrogen-bond donors (Lipinski definition) is 0. The van der Waals surface area contributed by atoms with E-state index in [1.165, 1.54) is 0 Å². The van der Waals surface area contributed by atoms with E-state index in [4.69, 9.17) is 23.2 Å². The predicted octanol–water partition coefficient (Wildman–Crippen LogP) is 2.65. The number of hydrogen-bond acceptors (Lipinski definition) is 1. The summed E-state index contributed by atoms with van der Waals surface area (Å²) in [7, 11) is 0. The molecule has 1 nitrogen and oxygen atoms in total. The summed E-state index contributed by atoms with van der Waals surface area (Å²) >= 11 is 11.3. The predicted molar refractivity (Wildman–Crippen MR) is 45.9 cm³/mol. The Morgan fingerprint density at radius 3 is 2.55 bits per heavy atom. The molecule has 0 bridgehead atoms. The summed E-state index contributed by atoms with van der Waals surface area (Å²) in [6.07, 6.45) is 2.04. The fraction of sp³-hybridized carbons (Fsp3) is 0.125. The van der Waals surface area contributed by atoms with Crippen molar-refractivity contribution >= 4 is 29.5 Å². The van der Waals surface area contributed by atoms with Crippen LogP contribution in [0.25, 0.3) is 0 Å². The van der Waals surface area contributed by atoms with Crippen molar-refractivity contribution in [2.24, 2.45) is 0 Å². The summed E-state index contributed by atoms with van der Waals surface area (Å²) in [6, 6.07) is 5.07. The van der Waals surface area contributed by atoms with E-state index in [-0.39, 0.29) is 6.42 Å². The van der Waals surface area contributed by atoms with Crippen molar-refractivity contribution in [3.63, 3.8) is 0 Å². The Bertz CT molecular complexity index is 271. The van der Waals surface area contributed by atoms with E-state index < -0.39 is 0 Å². The molecule has 0 N–H and O–H groups in total. The average molecular weight is 188 g/mol. The SMILES string of the molecule is O=[C]Cc1ccc(Cl)c(Cl)c1. The van der Waals surface area contributed by atoms with Gasteiger partial charge in [0.25, 0.3) is 0 Å². The number of halogens is 2. The van der Waals surface area contributed by atoms with Crippen molar-refractivity contribution in [1.82, 2.24) is 0 Å². The highest BCUT2D eigenvalue weighted by Gasteiger charge is 1.98. The van der Waals surface area contributed by atoms with Crippen LogP contribution >= 0.6 is 23.2 Å². The summed E-state index contributed by atoms with van der Waals surface area (Å²) in [5.74, 6) is 0.